The van der Waals surface area contributed by atoms with Gasteiger partial charge in [-0.3, -0.25) is 24.1 Å². The number of carbonyl (C=O) groups excluding carboxylic acids is 2. The highest BCUT2D eigenvalue weighted by Crippen LogP contribution is 2.25. The van der Waals surface area contributed by atoms with Crippen LogP contribution in [0.2, 0.25) is 0 Å². The van der Waals surface area contributed by atoms with E-state index in [1.165, 1.54) is 11.6 Å². The minimum Gasteiger partial charge on any atom is -0.307 e. The monoisotopic (exact) mass is 485 g/mol. The number of benzene rings is 2. The third kappa shape index (κ3) is 6.10. The molecule has 1 saturated heterocycles. The van der Waals surface area contributed by atoms with Crippen LogP contribution in [-0.2, 0) is 28.6 Å². The van der Waals surface area contributed by atoms with E-state index in [4.69, 9.17) is 0 Å². The highest BCUT2D eigenvalue weighted by atomic mass is 16.2. The summed E-state index contributed by atoms with van der Waals surface area (Å²) in [4.78, 5) is 29.2. The van der Waals surface area contributed by atoms with E-state index < -0.39 is 0 Å². The predicted molar refractivity (Wildman–Crippen MR) is 145 cm³/mol. The van der Waals surface area contributed by atoms with Crippen molar-refractivity contribution in [3.8, 4) is 0 Å². The molecule has 1 aromatic heterocycles. The van der Waals surface area contributed by atoms with E-state index in [1.807, 2.05) is 61.3 Å². The van der Waals surface area contributed by atoms with Crippen molar-refractivity contribution in [3.63, 3.8) is 0 Å². The van der Waals surface area contributed by atoms with Crippen LogP contribution in [0, 0.1) is 6.92 Å². The second kappa shape index (κ2) is 10.5. The fourth-order valence-corrected chi connectivity index (χ4v) is 4.23. The first-order valence-electron chi connectivity index (χ1n) is 12.3. The maximum atomic E-state index is 12.5. The van der Waals surface area contributed by atoms with Gasteiger partial charge in [0.1, 0.15) is 5.82 Å². The average Bonchev–Trinajstić information content (AvgIpc) is 3.21. The molecule has 0 saturated carbocycles. The van der Waals surface area contributed by atoms with Crippen molar-refractivity contribution in [1.82, 2.24) is 14.7 Å². The predicted octanol–water partition coefficient (Wildman–Crippen LogP) is 4.87. The molecule has 1 N–H and O–H groups in total. The molecule has 1 aliphatic heterocycles. The van der Waals surface area contributed by atoms with Crippen LogP contribution >= 0.6 is 0 Å². The molecule has 4 rings (SSSR count). The molecule has 3 aromatic rings. The number of para-hydroxylation sites is 1. The zero-order valence-electron chi connectivity index (χ0n) is 21.8. The molecule has 0 aliphatic carbocycles. The van der Waals surface area contributed by atoms with Gasteiger partial charge in [-0.05, 0) is 35.8 Å². The van der Waals surface area contributed by atoms with Crippen LogP contribution in [0.4, 0.5) is 11.5 Å². The fourth-order valence-electron chi connectivity index (χ4n) is 4.23. The van der Waals surface area contributed by atoms with Crippen molar-refractivity contribution in [1.29, 1.82) is 0 Å². The van der Waals surface area contributed by atoms with E-state index in [0.717, 1.165) is 35.6 Å². The summed E-state index contributed by atoms with van der Waals surface area (Å²) in [5.41, 5.74) is 5.04. The van der Waals surface area contributed by atoms with Crippen LogP contribution in [-0.4, -0.2) is 39.7 Å². The van der Waals surface area contributed by atoms with Crippen molar-refractivity contribution in [3.05, 3.63) is 83.1 Å². The summed E-state index contributed by atoms with van der Waals surface area (Å²) < 4.78 is 1.69. The second-order valence-corrected chi connectivity index (χ2v) is 10.4. The van der Waals surface area contributed by atoms with E-state index in [2.05, 4.69) is 48.2 Å². The second-order valence-electron chi connectivity index (χ2n) is 10.4. The summed E-state index contributed by atoms with van der Waals surface area (Å²) in [5, 5.41) is 7.39. The van der Waals surface area contributed by atoms with Gasteiger partial charge in [-0.2, -0.15) is 5.10 Å². The van der Waals surface area contributed by atoms with Gasteiger partial charge in [-0.15, -0.1) is 0 Å². The van der Waals surface area contributed by atoms with Gasteiger partial charge < -0.3 is 5.32 Å². The quantitative estimate of drug-likeness (QED) is 0.506. The minimum atomic E-state index is -0.197. The largest absolute Gasteiger partial charge is 0.307 e. The molecule has 7 heteroatoms. The maximum Gasteiger partial charge on any atom is 0.249 e. The molecule has 36 heavy (non-hydrogen) atoms. The SMILES string of the molecule is Cc1ccccc1N1CN(Cc2ccc(C=CC(=O)Nc3cc(C(C)(C)C)nn3C)cc2)CCC1=O. The van der Waals surface area contributed by atoms with E-state index in [0.29, 0.717) is 18.9 Å². The van der Waals surface area contributed by atoms with Gasteiger partial charge in [-0.25, -0.2) is 0 Å². The van der Waals surface area contributed by atoms with E-state index in [-0.39, 0.29) is 17.2 Å². The topological polar surface area (TPSA) is 70.5 Å². The Hall–Kier alpha value is -3.71. The zero-order chi connectivity index (χ0) is 25.9. The number of carbonyl (C=O) groups is 2. The van der Waals surface area contributed by atoms with Crippen LogP contribution in [0.5, 0.6) is 0 Å². The lowest BCUT2D eigenvalue weighted by molar-refractivity contribution is -0.121. The Labute approximate surface area is 213 Å². The number of aryl methyl sites for hydroxylation is 2. The molecule has 1 fully saturated rings. The summed E-state index contributed by atoms with van der Waals surface area (Å²) in [5.74, 6) is 0.640. The van der Waals surface area contributed by atoms with Gasteiger partial charge in [0.15, 0.2) is 0 Å². The molecule has 2 aromatic carbocycles. The first-order valence-corrected chi connectivity index (χ1v) is 12.3. The fraction of sp³-hybridized carbons (Fsp3) is 0.345. The summed E-state index contributed by atoms with van der Waals surface area (Å²) in [6.45, 7) is 10.4. The molecule has 0 unspecified atom stereocenters. The van der Waals surface area contributed by atoms with Crippen LogP contribution in [0.25, 0.3) is 6.08 Å². The number of nitrogens with zero attached hydrogens (tertiary/aromatic N) is 4. The Morgan fingerprint density at radius 3 is 2.50 bits per heavy atom. The van der Waals surface area contributed by atoms with Crippen LogP contribution < -0.4 is 10.2 Å². The standard InChI is InChI=1S/C29H35N5O2/c1-21-8-6-7-9-24(21)34-20-33(17-16-28(34)36)19-23-12-10-22(11-13-23)14-15-27(35)30-26-18-25(29(2,3)4)31-32(26)5/h6-15,18H,16-17,19-20H2,1-5H3,(H,30,35). The van der Waals surface area contributed by atoms with E-state index in [1.54, 1.807) is 10.8 Å². The highest BCUT2D eigenvalue weighted by molar-refractivity contribution is 6.01. The van der Waals surface area contributed by atoms with Crippen molar-refractivity contribution in [2.75, 3.05) is 23.4 Å². The summed E-state index contributed by atoms with van der Waals surface area (Å²) >= 11 is 0. The third-order valence-electron chi connectivity index (χ3n) is 6.40. The zero-order valence-corrected chi connectivity index (χ0v) is 21.8. The molecule has 0 atom stereocenters. The molecule has 0 spiro atoms. The highest BCUT2D eigenvalue weighted by Gasteiger charge is 2.25. The van der Waals surface area contributed by atoms with Crippen molar-refractivity contribution < 1.29 is 9.59 Å². The third-order valence-corrected chi connectivity index (χ3v) is 6.40. The van der Waals surface area contributed by atoms with Crippen molar-refractivity contribution in [2.45, 2.75) is 46.1 Å². The molecule has 7 nitrogen and oxygen atoms in total. The molecule has 0 bridgehead atoms. The molecule has 2 amide bonds. The maximum absolute atomic E-state index is 12.5. The number of hydrogen-bond acceptors (Lipinski definition) is 4. The van der Waals surface area contributed by atoms with Crippen molar-refractivity contribution in [2.24, 2.45) is 7.05 Å². The van der Waals surface area contributed by atoms with Gasteiger partial charge in [0.2, 0.25) is 11.8 Å². The minimum absolute atomic E-state index is 0.0825. The Kier molecular flexibility index (Phi) is 7.40. The first kappa shape index (κ1) is 25.4. The number of nitrogens with one attached hydrogen (secondary N) is 1. The van der Waals surface area contributed by atoms with Crippen LogP contribution in [0.3, 0.4) is 0 Å². The molecular formula is C29H35N5O2. The Bertz CT molecular complexity index is 1270. The number of anilines is 2. The van der Waals surface area contributed by atoms with Crippen molar-refractivity contribution >= 4 is 29.4 Å². The van der Waals surface area contributed by atoms with Crippen LogP contribution in [0.1, 0.15) is 49.6 Å². The molecular weight excluding hydrogens is 450 g/mol. The Morgan fingerprint density at radius 2 is 1.83 bits per heavy atom. The number of amides is 2. The smallest absolute Gasteiger partial charge is 0.249 e. The average molecular weight is 486 g/mol. The molecule has 2 heterocycles. The van der Waals surface area contributed by atoms with Crippen LogP contribution in [0.15, 0.2) is 60.7 Å². The van der Waals surface area contributed by atoms with Gasteiger partial charge in [0.05, 0.1) is 12.4 Å². The molecule has 188 valence electrons. The normalized spacial score (nSPS) is 15.0. The Balaban J connectivity index is 1.34. The molecule has 0 radical (unpaired) electrons. The van der Waals surface area contributed by atoms with Gasteiger partial charge in [-0.1, -0.05) is 63.2 Å². The van der Waals surface area contributed by atoms with E-state index >= 15 is 0 Å². The Morgan fingerprint density at radius 1 is 1.11 bits per heavy atom. The van der Waals surface area contributed by atoms with Gasteiger partial charge >= 0.3 is 0 Å². The summed E-state index contributed by atoms with van der Waals surface area (Å²) in [6.07, 6.45) is 3.85. The lowest BCUT2D eigenvalue weighted by atomic mass is 9.92. The lowest BCUT2D eigenvalue weighted by Gasteiger charge is -2.36. The van der Waals surface area contributed by atoms with E-state index in [9.17, 15) is 9.59 Å². The summed E-state index contributed by atoms with van der Waals surface area (Å²) in [6, 6.07) is 18.1. The van der Waals surface area contributed by atoms with Gasteiger partial charge in [0.25, 0.3) is 0 Å². The van der Waals surface area contributed by atoms with Gasteiger partial charge in [0, 0.05) is 49.8 Å². The first-order chi connectivity index (χ1) is 17.1. The number of aromatic nitrogens is 2. The lowest BCUT2D eigenvalue weighted by Crippen LogP contribution is -2.48. The number of rotatable bonds is 6. The number of hydrogen-bond donors (Lipinski definition) is 1. The molecule has 1 aliphatic rings. The summed E-state index contributed by atoms with van der Waals surface area (Å²) in [7, 11) is 1.83.